The lowest BCUT2D eigenvalue weighted by Crippen LogP contribution is -2.37. The van der Waals surface area contributed by atoms with E-state index in [1.54, 1.807) is 14.2 Å². The lowest BCUT2D eigenvalue weighted by Gasteiger charge is -2.22. The first-order valence-corrected chi connectivity index (χ1v) is 6.51. The van der Waals surface area contributed by atoms with E-state index < -0.39 is 0 Å². The summed E-state index contributed by atoms with van der Waals surface area (Å²) in [5.41, 5.74) is 0.989. The zero-order valence-electron chi connectivity index (χ0n) is 11.5. The summed E-state index contributed by atoms with van der Waals surface area (Å²) in [7, 11) is 3.37. The molecule has 0 fully saturated rings. The monoisotopic (exact) mass is 271 g/mol. The molecule has 1 atom stereocenters. The molecule has 0 aliphatic heterocycles. The molecule has 0 saturated carbocycles. The van der Waals surface area contributed by atoms with Crippen LogP contribution < -0.4 is 10.1 Å². The fraction of sp³-hybridized carbons (Fsp3) is 0.571. The van der Waals surface area contributed by atoms with Crippen molar-refractivity contribution in [1.82, 2.24) is 5.32 Å². The summed E-state index contributed by atoms with van der Waals surface area (Å²) >= 11 is 6.20. The topological polar surface area (TPSA) is 30.5 Å². The highest BCUT2D eigenvalue weighted by atomic mass is 35.5. The summed E-state index contributed by atoms with van der Waals surface area (Å²) < 4.78 is 10.5. The van der Waals surface area contributed by atoms with Crippen molar-refractivity contribution in [3.05, 3.63) is 28.8 Å². The van der Waals surface area contributed by atoms with Gasteiger partial charge in [-0.05, 0) is 18.1 Å². The van der Waals surface area contributed by atoms with Gasteiger partial charge in [-0.15, -0.1) is 0 Å². The molecular weight excluding hydrogens is 250 g/mol. The van der Waals surface area contributed by atoms with Crippen LogP contribution in [0.2, 0.25) is 5.02 Å². The Balaban J connectivity index is 2.72. The second kappa shape index (κ2) is 7.62. The molecule has 0 heterocycles. The van der Waals surface area contributed by atoms with Crippen LogP contribution >= 0.6 is 11.6 Å². The number of nitrogens with one attached hydrogen (secondary N) is 1. The Bertz CT molecular complexity index is 369. The minimum atomic E-state index is 0.302. The summed E-state index contributed by atoms with van der Waals surface area (Å²) in [5.74, 6) is 1.31. The number of benzene rings is 1. The predicted octanol–water partition coefficient (Wildman–Crippen LogP) is 3.11. The van der Waals surface area contributed by atoms with Gasteiger partial charge in [-0.3, -0.25) is 0 Å². The Kier molecular flexibility index (Phi) is 6.47. The fourth-order valence-electron chi connectivity index (χ4n) is 1.80. The maximum Gasteiger partial charge on any atom is 0.124 e. The van der Waals surface area contributed by atoms with Crippen LogP contribution in [0.25, 0.3) is 0 Å². The third-order valence-electron chi connectivity index (χ3n) is 2.99. The maximum atomic E-state index is 6.20. The molecule has 1 unspecified atom stereocenters. The van der Waals surface area contributed by atoms with Gasteiger partial charge in [0.05, 0.1) is 13.7 Å². The van der Waals surface area contributed by atoms with E-state index in [4.69, 9.17) is 21.1 Å². The Morgan fingerprint density at radius 2 is 2.00 bits per heavy atom. The first-order chi connectivity index (χ1) is 8.60. The molecule has 1 aromatic rings. The molecule has 0 aliphatic carbocycles. The van der Waals surface area contributed by atoms with Gasteiger partial charge < -0.3 is 14.8 Å². The smallest absolute Gasteiger partial charge is 0.124 e. The summed E-state index contributed by atoms with van der Waals surface area (Å²) in [6.45, 7) is 5.69. The summed E-state index contributed by atoms with van der Waals surface area (Å²) in [6.07, 6.45) is 0. The highest BCUT2D eigenvalue weighted by Gasteiger charge is 2.14. The molecule has 3 nitrogen and oxygen atoms in total. The number of methoxy groups -OCH3 is 2. The van der Waals surface area contributed by atoms with E-state index in [0.717, 1.165) is 16.3 Å². The molecule has 0 saturated heterocycles. The SMILES string of the molecule is COCC(NCc1c(Cl)cccc1OC)C(C)C. The predicted molar refractivity (Wildman–Crippen MR) is 75.3 cm³/mol. The molecule has 102 valence electrons. The largest absolute Gasteiger partial charge is 0.496 e. The number of hydrogen-bond acceptors (Lipinski definition) is 3. The van der Waals surface area contributed by atoms with Crippen LogP contribution in [0.1, 0.15) is 19.4 Å². The third kappa shape index (κ3) is 4.16. The minimum absolute atomic E-state index is 0.302. The normalized spacial score (nSPS) is 12.8. The van der Waals surface area contributed by atoms with Crippen molar-refractivity contribution in [2.24, 2.45) is 5.92 Å². The van der Waals surface area contributed by atoms with Crippen molar-refractivity contribution in [3.63, 3.8) is 0 Å². The first-order valence-electron chi connectivity index (χ1n) is 6.13. The molecular formula is C14H22ClNO2. The van der Waals surface area contributed by atoms with E-state index in [2.05, 4.69) is 19.2 Å². The van der Waals surface area contributed by atoms with Gasteiger partial charge in [0.2, 0.25) is 0 Å². The first kappa shape index (κ1) is 15.3. The second-order valence-corrected chi connectivity index (χ2v) is 5.01. The highest BCUT2D eigenvalue weighted by Crippen LogP contribution is 2.26. The number of halogens is 1. The average Bonchev–Trinajstić information content (AvgIpc) is 2.35. The highest BCUT2D eigenvalue weighted by molar-refractivity contribution is 6.31. The number of hydrogen-bond donors (Lipinski definition) is 1. The minimum Gasteiger partial charge on any atom is -0.496 e. The zero-order valence-corrected chi connectivity index (χ0v) is 12.3. The van der Waals surface area contributed by atoms with Crippen molar-refractivity contribution < 1.29 is 9.47 Å². The van der Waals surface area contributed by atoms with Gasteiger partial charge in [0.25, 0.3) is 0 Å². The van der Waals surface area contributed by atoms with E-state index in [1.807, 2.05) is 18.2 Å². The van der Waals surface area contributed by atoms with Crippen molar-refractivity contribution >= 4 is 11.6 Å². The van der Waals surface area contributed by atoms with Crippen molar-refractivity contribution in [2.75, 3.05) is 20.8 Å². The number of ether oxygens (including phenoxy) is 2. The van der Waals surface area contributed by atoms with Crippen LogP contribution in [-0.4, -0.2) is 26.9 Å². The summed E-state index contributed by atoms with van der Waals surface area (Å²) in [4.78, 5) is 0. The van der Waals surface area contributed by atoms with E-state index in [0.29, 0.717) is 25.1 Å². The van der Waals surface area contributed by atoms with Crippen molar-refractivity contribution in [3.8, 4) is 5.75 Å². The van der Waals surface area contributed by atoms with E-state index in [-0.39, 0.29) is 0 Å². The molecule has 18 heavy (non-hydrogen) atoms. The van der Waals surface area contributed by atoms with Crippen molar-refractivity contribution in [2.45, 2.75) is 26.4 Å². The average molecular weight is 272 g/mol. The van der Waals surface area contributed by atoms with Crippen LogP contribution in [0, 0.1) is 5.92 Å². The van der Waals surface area contributed by atoms with Crippen LogP contribution in [0.4, 0.5) is 0 Å². The van der Waals surface area contributed by atoms with Crippen molar-refractivity contribution in [1.29, 1.82) is 0 Å². The van der Waals surface area contributed by atoms with Crippen LogP contribution in [0.3, 0.4) is 0 Å². The molecule has 0 aliphatic rings. The van der Waals surface area contributed by atoms with E-state index in [1.165, 1.54) is 0 Å². The quantitative estimate of drug-likeness (QED) is 0.827. The van der Waals surface area contributed by atoms with Gasteiger partial charge in [-0.2, -0.15) is 0 Å². The third-order valence-corrected chi connectivity index (χ3v) is 3.34. The molecule has 4 heteroatoms. The van der Waals surface area contributed by atoms with E-state index in [9.17, 15) is 0 Å². The molecule has 0 spiro atoms. The zero-order chi connectivity index (χ0) is 13.5. The lowest BCUT2D eigenvalue weighted by molar-refractivity contribution is 0.146. The van der Waals surface area contributed by atoms with Crippen LogP contribution in [-0.2, 0) is 11.3 Å². The molecule has 0 radical (unpaired) electrons. The van der Waals surface area contributed by atoms with Gasteiger partial charge >= 0.3 is 0 Å². The lowest BCUT2D eigenvalue weighted by atomic mass is 10.0. The second-order valence-electron chi connectivity index (χ2n) is 4.61. The van der Waals surface area contributed by atoms with Gasteiger partial charge in [-0.25, -0.2) is 0 Å². The Hall–Kier alpha value is -0.770. The van der Waals surface area contributed by atoms with Gasteiger partial charge in [0.1, 0.15) is 5.75 Å². The Morgan fingerprint density at radius 3 is 2.56 bits per heavy atom. The Morgan fingerprint density at radius 1 is 1.28 bits per heavy atom. The molecule has 1 N–H and O–H groups in total. The van der Waals surface area contributed by atoms with Crippen LogP contribution in [0.15, 0.2) is 18.2 Å². The Labute approximate surface area is 114 Å². The fourth-order valence-corrected chi connectivity index (χ4v) is 2.03. The molecule has 0 bridgehead atoms. The summed E-state index contributed by atoms with van der Waals surface area (Å²) in [6, 6.07) is 5.99. The standard InChI is InChI=1S/C14H22ClNO2/c1-10(2)13(9-17-3)16-8-11-12(15)6-5-7-14(11)18-4/h5-7,10,13,16H,8-9H2,1-4H3. The molecule has 1 rings (SSSR count). The van der Waals surface area contributed by atoms with Gasteiger partial charge in [0, 0.05) is 30.3 Å². The van der Waals surface area contributed by atoms with Gasteiger partial charge in [-0.1, -0.05) is 31.5 Å². The van der Waals surface area contributed by atoms with E-state index >= 15 is 0 Å². The molecule has 0 aromatic heterocycles. The van der Waals surface area contributed by atoms with Gasteiger partial charge in [0.15, 0.2) is 0 Å². The van der Waals surface area contributed by atoms with Crippen LogP contribution in [0.5, 0.6) is 5.75 Å². The summed E-state index contributed by atoms with van der Waals surface area (Å²) in [5, 5.41) is 4.19. The molecule has 0 amide bonds. The number of rotatable bonds is 7. The molecule has 1 aromatic carbocycles. The maximum absolute atomic E-state index is 6.20.